The lowest BCUT2D eigenvalue weighted by molar-refractivity contribution is 0.472. The monoisotopic (exact) mass is 278 g/mol. The molecule has 0 bridgehead atoms. The number of nitrogens with zero attached hydrogens (tertiary/aromatic N) is 1. The first kappa shape index (κ1) is 13.6. The Labute approximate surface area is 121 Å². The average Bonchev–Trinajstić information content (AvgIpc) is 3.06. The van der Waals surface area contributed by atoms with Gasteiger partial charge in [0.25, 0.3) is 0 Å². The summed E-state index contributed by atoms with van der Waals surface area (Å²) in [4.78, 5) is 6.58. The highest BCUT2D eigenvalue weighted by Crippen LogP contribution is 2.38. The molecule has 2 aliphatic carbocycles. The fourth-order valence-electron chi connectivity index (χ4n) is 2.96. The normalized spacial score (nSPS) is 22.8. The van der Waals surface area contributed by atoms with E-state index in [1.165, 1.54) is 49.2 Å². The maximum absolute atomic E-state index is 4.99. The number of aryl methyl sites for hydroxylation is 1. The molecule has 1 atom stereocenters. The number of aromatic nitrogens is 1. The molecule has 1 N–H and O–H groups in total. The molecule has 0 saturated heterocycles. The van der Waals surface area contributed by atoms with Crippen molar-refractivity contribution >= 4 is 11.3 Å². The van der Waals surface area contributed by atoms with Crippen LogP contribution in [-0.2, 0) is 12.8 Å². The van der Waals surface area contributed by atoms with E-state index < -0.39 is 0 Å². The Hall–Kier alpha value is -0.410. The first-order valence-electron chi connectivity index (χ1n) is 7.91. The summed E-state index contributed by atoms with van der Waals surface area (Å²) in [6, 6.07) is 0. The quantitative estimate of drug-likeness (QED) is 0.857. The maximum Gasteiger partial charge on any atom is 0.0934 e. The van der Waals surface area contributed by atoms with Gasteiger partial charge in [-0.15, -0.1) is 11.3 Å². The molecule has 1 unspecified atom stereocenters. The van der Waals surface area contributed by atoms with Crippen molar-refractivity contribution in [2.75, 3.05) is 13.1 Å². The van der Waals surface area contributed by atoms with Gasteiger partial charge in [0.1, 0.15) is 0 Å². The fourth-order valence-corrected chi connectivity index (χ4v) is 4.27. The Kier molecular flexibility index (Phi) is 4.23. The summed E-state index contributed by atoms with van der Waals surface area (Å²) in [5.41, 5.74) is 1.45. The smallest absolute Gasteiger partial charge is 0.0934 e. The van der Waals surface area contributed by atoms with Crippen molar-refractivity contribution in [3.05, 3.63) is 15.6 Å². The van der Waals surface area contributed by atoms with Crippen molar-refractivity contribution < 1.29 is 0 Å². The molecule has 0 aliphatic heterocycles. The molecule has 0 spiro atoms. The zero-order valence-electron chi connectivity index (χ0n) is 12.2. The van der Waals surface area contributed by atoms with E-state index in [2.05, 4.69) is 19.2 Å². The van der Waals surface area contributed by atoms with Crippen molar-refractivity contribution in [3.8, 4) is 0 Å². The van der Waals surface area contributed by atoms with E-state index in [0.717, 1.165) is 24.9 Å². The average molecular weight is 278 g/mol. The van der Waals surface area contributed by atoms with E-state index in [1.54, 1.807) is 4.88 Å². The van der Waals surface area contributed by atoms with Gasteiger partial charge in [-0.05, 0) is 50.5 Å². The van der Waals surface area contributed by atoms with Crippen LogP contribution in [0.3, 0.4) is 0 Å². The summed E-state index contributed by atoms with van der Waals surface area (Å²) in [6.45, 7) is 6.80. The number of nitrogens with one attached hydrogen (secondary N) is 1. The van der Waals surface area contributed by atoms with Crippen molar-refractivity contribution in [1.82, 2.24) is 10.3 Å². The largest absolute Gasteiger partial charge is 0.316 e. The summed E-state index contributed by atoms with van der Waals surface area (Å²) in [5.74, 6) is 2.38. The Morgan fingerprint density at radius 3 is 2.89 bits per heavy atom. The molecule has 0 amide bonds. The Bertz CT molecular complexity index is 420. The highest BCUT2D eigenvalue weighted by atomic mass is 32.1. The molecule has 1 fully saturated rings. The second kappa shape index (κ2) is 5.92. The zero-order chi connectivity index (χ0) is 13.2. The van der Waals surface area contributed by atoms with Crippen LogP contribution < -0.4 is 5.32 Å². The summed E-state index contributed by atoms with van der Waals surface area (Å²) >= 11 is 2.01. The molecule has 0 radical (unpaired) electrons. The van der Waals surface area contributed by atoms with Crippen molar-refractivity contribution in [3.63, 3.8) is 0 Å². The first-order valence-corrected chi connectivity index (χ1v) is 8.73. The number of fused-ring (bicyclic) bond motifs is 1. The van der Waals surface area contributed by atoms with E-state index in [1.807, 2.05) is 11.3 Å². The molecule has 106 valence electrons. The molecular weight excluding hydrogens is 252 g/mol. The molecule has 1 saturated carbocycles. The first-order chi connectivity index (χ1) is 9.22. The van der Waals surface area contributed by atoms with E-state index in [0.29, 0.717) is 5.92 Å². The minimum atomic E-state index is 0.673. The van der Waals surface area contributed by atoms with E-state index in [4.69, 9.17) is 4.98 Å². The van der Waals surface area contributed by atoms with Crippen molar-refractivity contribution in [1.29, 1.82) is 0 Å². The van der Waals surface area contributed by atoms with Gasteiger partial charge in [-0.1, -0.05) is 13.8 Å². The topological polar surface area (TPSA) is 24.9 Å². The van der Waals surface area contributed by atoms with Crippen LogP contribution in [0.5, 0.6) is 0 Å². The maximum atomic E-state index is 4.99. The molecule has 3 heteroatoms. The molecule has 3 rings (SSSR count). The van der Waals surface area contributed by atoms with Crippen LogP contribution in [0.15, 0.2) is 0 Å². The highest BCUT2D eigenvalue weighted by molar-refractivity contribution is 7.11. The SMILES string of the molecule is CC(C)CNCC1CCCc2sc(CC3CC3)nc21. The summed E-state index contributed by atoms with van der Waals surface area (Å²) in [5, 5.41) is 5.04. The number of rotatable bonds is 6. The molecule has 1 aromatic heterocycles. The highest BCUT2D eigenvalue weighted by Gasteiger charge is 2.27. The molecule has 2 aliphatic rings. The number of thiazole rings is 1. The standard InChI is InChI=1S/C16H26N2S/c1-11(2)9-17-10-13-4-3-5-14-16(13)18-15(19-14)8-12-6-7-12/h11-13,17H,3-10H2,1-2H3. The van der Waals surface area contributed by atoms with Gasteiger partial charge in [-0.2, -0.15) is 0 Å². The zero-order valence-corrected chi connectivity index (χ0v) is 13.1. The fraction of sp³-hybridized carbons (Fsp3) is 0.812. The van der Waals surface area contributed by atoms with Gasteiger partial charge in [-0.3, -0.25) is 0 Å². The molecule has 0 aromatic carbocycles. The predicted octanol–water partition coefficient (Wildman–Crippen LogP) is 3.76. The van der Waals surface area contributed by atoms with Crippen LogP contribution in [0.2, 0.25) is 0 Å². The summed E-state index contributed by atoms with van der Waals surface area (Å²) in [7, 11) is 0. The molecule has 19 heavy (non-hydrogen) atoms. The third-order valence-corrected chi connectivity index (χ3v) is 5.37. The Balaban J connectivity index is 1.62. The van der Waals surface area contributed by atoms with E-state index in [-0.39, 0.29) is 0 Å². The lowest BCUT2D eigenvalue weighted by Gasteiger charge is -2.22. The predicted molar refractivity (Wildman–Crippen MR) is 81.9 cm³/mol. The van der Waals surface area contributed by atoms with Gasteiger partial charge in [-0.25, -0.2) is 4.98 Å². The lowest BCUT2D eigenvalue weighted by atomic mass is 9.91. The third-order valence-electron chi connectivity index (χ3n) is 4.22. The molecule has 1 heterocycles. The summed E-state index contributed by atoms with van der Waals surface area (Å²) in [6.07, 6.45) is 8.08. The second-order valence-electron chi connectivity index (χ2n) is 6.70. The van der Waals surface area contributed by atoms with E-state index >= 15 is 0 Å². The third kappa shape index (κ3) is 3.57. The Morgan fingerprint density at radius 2 is 2.16 bits per heavy atom. The van der Waals surface area contributed by atoms with Crippen LogP contribution in [-0.4, -0.2) is 18.1 Å². The van der Waals surface area contributed by atoms with Crippen LogP contribution in [0.4, 0.5) is 0 Å². The van der Waals surface area contributed by atoms with Gasteiger partial charge in [0, 0.05) is 23.8 Å². The van der Waals surface area contributed by atoms with Crippen LogP contribution >= 0.6 is 11.3 Å². The number of hydrogen-bond acceptors (Lipinski definition) is 3. The minimum absolute atomic E-state index is 0.673. The molecular formula is C16H26N2S. The summed E-state index contributed by atoms with van der Waals surface area (Å²) < 4.78 is 0. The lowest BCUT2D eigenvalue weighted by Crippen LogP contribution is -2.27. The van der Waals surface area contributed by atoms with Crippen LogP contribution in [0.25, 0.3) is 0 Å². The van der Waals surface area contributed by atoms with Crippen LogP contribution in [0, 0.1) is 11.8 Å². The molecule has 2 nitrogen and oxygen atoms in total. The van der Waals surface area contributed by atoms with Gasteiger partial charge in [0.2, 0.25) is 0 Å². The van der Waals surface area contributed by atoms with Crippen LogP contribution in [0.1, 0.15) is 61.0 Å². The van der Waals surface area contributed by atoms with E-state index in [9.17, 15) is 0 Å². The van der Waals surface area contributed by atoms with Gasteiger partial charge >= 0.3 is 0 Å². The van der Waals surface area contributed by atoms with Gasteiger partial charge in [0.05, 0.1) is 10.7 Å². The number of hydrogen-bond donors (Lipinski definition) is 1. The van der Waals surface area contributed by atoms with Crippen molar-refractivity contribution in [2.45, 2.75) is 58.3 Å². The molecule has 1 aromatic rings. The Morgan fingerprint density at radius 1 is 1.32 bits per heavy atom. The van der Waals surface area contributed by atoms with Gasteiger partial charge in [0.15, 0.2) is 0 Å². The second-order valence-corrected chi connectivity index (χ2v) is 7.87. The van der Waals surface area contributed by atoms with Gasteiger partial charge < -0.3 is 5.32 Å². The van der Waals surface area contributed by atoms with Crippen molar-refractivity contribution in [2.24, 2.45) is 11.8 Å². The minimum Gasteiger partial charge on any atom is -0.316 e.